The summed E-state index contributed by atoms with van der Waals surface area (Å²) in [5.74, 6) is 0.790. The van der Waals surface area contributed by atoms with Crippen molar-refractivity contribution in [1.29, 1.82) is 0 Å². The molecule has 1 unspecified atom stereocenters. The predicted octanol–water partition coefficient (Wildman–Crippen LogP) is 1.03. The molecule has 1 aromatic carbocycles. The molecular weight excluding hydrogens is 268 g/mol. The molecule has 1 aromatic rings. The summed E-state index contributed by atoms with van der Waals surface area (Å²) >= 11 is 0. The minimum Gasteiger partial charge on any atom is -0.491 e. The molecular formula is C16H24N2O3. The first-order valence-electron chi connectivity index (χ1n) is 7.44. The second-order valence-corrected chi connectivity index (χ2v) is 5.63. The monoisotopic (exact) mass is 292 g/mol. The van der Waals surface area contributed by atoms with Crippen LogP contribution in [0.15, 0.2) is 30.3 Å². The summed E-state index contributed by atoms with van der Waals surface area (Å²) in [5.41, 5.74) is -0.812. The highest BCUT2D eigenvalue weighted by atomic mass is 16.5. The summed E-state index contributed by atoms with van der Waals surface area (Å²) in [5, 5.41) is 13.3. The fourth-order valence-corrected chi connectivity index (χ4v) is 2.55. The number of nitrogens with zero attached hydrogens (tertiary/aromatic N) is 1. The van der Waals surface area contributed by atoms with Gasteiger partial charge in [0.2, 0.25) is 5.91 Å². The highest BCUT2D eigenvalue weighted by Crippen LogP contribution is 2.23. The van der Waals surface area contributed by atoms with Crippen LogP contribution in [0.2, 0.25) is 0 Å². The van der Waals surface area contributed by atoms with Crippen LogP contribution in [0.4, 0.5) is 0 Å². The van der Waals surface area contributed by atoms with Crippen molar-refractivity contribution in [2.75, 3.05) is 33.3 Å². The van der Waals surface area contributed by atoms with E-state index in [1.807, 2.05) is 30.3 Å². The average Bonchev–Trinajstić information content (AvgIpc) is 2.69. The lowest BCUT2D eigenvalue weighted by Crippen LogP contribution is -2.39. The number of carbonyl (C=O) groups excluding carboxylic acids is 1. The minimum atomic E-state index is -0.812. The van der Waals surface area contributed by atoms with E-state index in [0.717, 1.165) is 18.7 Å². The molecule has 116 valence electrons. The summed E-state index contributed by atoms with van der Waals surface area (Å²) in [7, 11) is 1.64. The Kier molecular flexibility index (Phi) is 5.59. The lowest BCUT2D eigenvalue weighted by atomic mass is 9.96. The molecule has 2 N–H and O–H groups in total. The van der Waals surface area contributed by atoms with Crippen LogP contribution in [0.5, 0.6) is 5.75 Å². The summed E-state index contributed by atoms with van der Waals surface area (Å²) in [6.07, 6.45) is 2.19. The number of carbonyl (C=O) groups is 1. The van der Waals surface area contributed by atoms with Gasteiger partial charge in [-0.3, -0.25) is 9.69 Å². The molecule has 1 heterocycles. The zero-order valence-electron chi connectivity index (χ0n) is 12.5. The van der Waals surface area contributed by atoms with Crippen molar-refractivity contribution in [3.05, 3.63) is 30.3 Å². The fourth-order valence-electron chi connectivity index (χ4n) is 2.55. The number of rotatable bonds is 5. The van der Waals surface area contributed by atoms with Crippen molar-refractivity contribution in [2.24, 2.45) is 0 Å². The van der Waals surface area contributed by atoms with Gasteiger partial charge in [0.05, 0.1) is 12.1 Å². The Morgan fingerprint density at radius 3 is 2.81 bits per heavy atom. The third-order valence-corrected chi connectivity index (χ3v) is 3.91. The summed E-state index contributed by atoms with van der Waals surface area (Å²) in [4.78, 5) is 13.5. The van der Waals surface area contributed by atoms with E-state index in [1.54, 1.807) is 7.05 Å². The van der Waals surface area contributed by atoms with Crippen LogP contribution in [0.25, 0.3) is 0 Å². The normalized spacial score (nSPS) is 23.3. The van der Waals surface area contributed by atoms with Crippen molar-refractivity contribution in [3.8, 4) is 5.75 Å². The van der Waals surface area contributed by atoms with Crippen LogP contribution >= 0.6 is 0 Å². The molecule has 1 saturated heterocycles. The Labute approximate surface area is 125 Å². The first kappa shape index (κ1) is 15.8. The molecule has 1 aliphatic rings. The van der Waals surface area contributed by atoms with Gasteiger partial charge in [0.25, 0.3) is 0 Å². The first-order valence-corrected chi connectivity index (χ1v) is 7.44. The Balaban J connectivity index is 1.84. The lowest BCUT2D eigenvalue weighted by molar-refractivity contribution is -0.121. The van der Waals surface area contributed by atoms with E-state index in [2.05, 4.69) is 10.2 Å². The third kappa shape index (κ3) is 5.02. The number of hydrogen-bond donors (Lipinski definition) is 2. The quantitative estimate of drug-likeness (QED) is 0.851. The minimum absolute atomic E-state index is 0.0148. The number of nitrogens with one attached hydrogen (secondary N) is 1. The Bertz CT molecular complexity index is 452. The highest BCUT2D eigenvalue weighted by molar-refractivity contribution is 5.77. The molecule has 21 heavy (non-hydrogen) atoms. The van der Waals surface area contributed by atoms with Crippen molar-refractivity contribution < 1.29 is 14.6 Å². The average molecular weight is 292 g/mol. The van der Waals surface area contributed by atoms with Crippen molar-refractivity contribution in [2.45, 2.75) is 24.9 Å². The lowest BCUT2D eigenvalue weighted by Gasteiger charge is -2.26. The van der Waals surface area contributed by atoms with Gasteiger partial charge in [-0.05, 0) is 37.9 Å². The van der Waals surface area contributed by atoms with Crippen molar-refractivity contribution in [1.82, 2.24) is 10.2 Å². The number of ether oxygens (including phenoxy) is 1. The van der Waals surface area contributed by atoms with E-state index in [9.17, 15) is 9.90 Å². The largest absolute Gasteiger partial charge is 0.491 e. The van der Waals surface area contributed by atoms with Gasteiger partial charge in [-0.25, -0.2) is 0 Å². The second kappa shape index (κ2) is 7.43. The smallest absolute Gasteiger partial charge is 0.233 e. The Morgan fingerprint density at radius 2 is 2.10 bits per heavy atom. The molecule has 0 bridgehead atoms. The van der Waals surface area contributed by atoms with E-state index in [1.165, 1.54) is 0 Å². The SMILES string of the molecule is CNC(=O)CN1CCCC(O)(COc2ccccc2)CC1. The number of likely N-dealkylation sites (tertiary alicyclic amines) is 1. The van der Waals surface area contributed by atoms with Crippen LogP contribution in [-0.2, 0) is 4.79 Å². The molecule has 1 atom stereocenters. The van der Waals surface area contributed by atoms with E-state index in [4.69, 9.17) is 4.74 Å². The van der Waals surface area contributed by atoms with Crippen LogP contribution in [0.1, 0.15) is 19.3 Å². The standard InChI is InChI=1S/C16H24N2O3/c1-17-15(19)12-18-10-5-8-16(20,9-11-18)13-21-14-6-3-2-4-7-14/h2-4,6-7,20H,5,8-13H2,1H3,(H,17,19). The molecule has 0 saturated carbocycles. The molecule has 2 rings (SSSR count). The van der Waals surface area contributed by atoms with Crippen LogP contribution in [0, 0.1) is 0 Å². The maximum Gasteiger partial charge on any atom is 0.233 e. The van der Waals surface area contributed by atoms with E-state index >= 15 is 0 Å². The van der Waals surface area contributed by atoms with Crippen LogP contribution < -0.4 is 10.1 Å². The van der Waals surface area contributed by atoms with Gasteiger partial charge in [0, 0.05) is 13.6 Å². The fraction of sp³-hybridized carbons (Fsp3) is 0.562. The molecule has 1 aliphatic heterocycles. The number of aliphatic hydroxyl groups is 1. The maximum atomic E-state index is 11.4. The summed E-state index contributed by atoms with van der Waals surface area (Å²) in [6, 6.07) is 9.54. The van der Waals surface area contributed by atoms with E-state index in [0.29, 0.717) is 32.5 Å². The summed E-state index contributed by atoms with van der Waals surface area (Å²) in [6.45, 7) is 2.24. The Hall–Kier alpha value is -1.59. The van der Waals surface area contributed by atoms with Gasteiger partial charge in [-0.1, -0.05) is 18.2 Å². The number of likely N-dealkylation sites (N-methyl/N-ethyl adjacent to an activating group) is 1. The summed E-state index contributed by atoms with van der Waals surface area (Å²) < 4.78 is 5.69. The van der Waals surface area contributed by atoms with Gasteiger partial charge in [-0.2, -0.15) is 0 Å². The van der Waals surface area contributed by atoms with Gasteiger partial charge in [0.1, 0.15) is 12.4 Å². The highest BCUT2D eigenvalue weighted by Gasteiger charge is 2.31. The number of amides is 1. The molecule has 5 heteroatoms. The predicted molar refractivity (Wildman–Crippen MR) is 81.2 cm³/mol. The molecule has 1 fully saturated rings. The molecule has 0 aromatic heterocycles. The first-order chi connectivity index (χ1) is 10.1. The molecule has 5 nitrogen and oxygen atoms in total. The van der Waals surface area contributed by atoms with Gasteiger partial charge in [-0.15, -0.1) is 0 Å². The zero-order chi connectivity index (χ0) is 15.1. The second-order valence-electron chi connectivity index (χ2n) is 5.63. The van der Waals surface area contributed by atoms with E-state index in [-0.39, 0.29) is 5.91 Å². The molecule has 0 aliphatic carbocycles. The van der Waals surface area contributed by atoms with Gasteiger partial charge in [0.15, 0.2) is 0 Å². The number of benzene rings is 1. The molecule has 1 amide bonds. The zero-order valence-corrected chi connectivity index (χ0v) is 12.5. The van der Waals surface area contributed by atoms with Crippen LogP contribution in [0.3, 0.4) is 0 Å². The van der Waals surface area contributed by atoms with Crippen LogP contribution in [-0.4, -0.2) is 54.8 Å². The molecule has 0 spiro atoms. The van der Waals surface area contributed by atoms with Crippen molar-refractivity contribution >= 4 is 5.91 Å². The topological polar surface area (TPSA) is 61.8 Å². The maximum absolute atomic E-state index is 11.4. The third-order valence-electron chi connectivity index (χ3n) is 3.91. The van der Waals surface area contributed by atoms with E-state index < -0.39 is 5.60 Å². The van der Waals surface area contributed by atoms with Gasteiger partial charge >= 0.3 is 0 Å². The van der Waals surface area contributed by atoms with Crippen molar-refractivity contribution in [3.63, 3.8) is 0 Å². The Morgan fingerprint density at radius 1 is 1.33 bits per heavy atom. The number of hydrogen-bond acceptors (Lipinski definition) is 4. The van der Waals surface area contributed by atoms with Gasteiger partial charge < -0.3 is 15.2 Å². The number of para-hydroxylation sites is 1. The molecule has 0 radical (unpaired) electrons.